The fraction of sp³-hybridized carbons (Fsp3) is 0.353. The molecule has 0 spiro atoms. The second-order valence-electron chi connectivity index (χ2n) is 5.89. The first-order valence-electron chi connectivity index (χ1n) is 7.93. The molecule has 0 unspecified atom stereocenters. The molecule has 0 atom stereocenters. The molecule has 0 N–H and O–H groups in total. The molecular weight excluding hydrogens is 330 g/mol. The van der Waals surface area contributed by atoms with Crippen molar-refractivity contribution in [2.45, 2.75) is 25.9 Å². The fourth-order valence-electron chi connectivity index (χ4n) is 2.85. The Hall–Kier alpha value is -2.77. The van der Waals surface area contributed by atoms with E-state index >= 15 is 0 Å². The lowest BCUT2D eigenvalue weighted by Gasteiger charge is -2.19. The molecule has 1 aromatic heterocycles. The lowest BCUT2D eigenvalue weighted by molar-refractivity contribution is -0.117. The molecule has 0 saturated carbocycles. The minimum Gasteiger partial charge on any atom is -0.334 e. The van der Waals surface area contributed by atoms with Crippen LogP contribution in [0.1, 0.15) is 35.6 Å². The number of carbonyl (C=O) groups is 2. The first-order chi connectivity index (χ1) is 12.0. The van der Waals surface area contributed by atoms with Crippen molar-refractivity contribution in [2.75, 3.05) is 18.5 Å². The van der Waals surface area contributed by atoms with Gasteiger partial charge in [0.15, 0.2) is 0 Å². The minimum absolute atomic E-state index is 0.0253. The molecule has 25 heavy (non-hydrogen) atoms. The van der Waals surface area contributed by atoms with Gasteiger partial charge in [-0.1, -0.05) is 0 Å². The molecular formula is C17H18F2N4O2. The predicted octanol–water partition coefficient (Wildman–Crippen LogP) is 2.68. The van der Waals surface area contributed by atoms with Gasteiger partial charge < -0.3 is 9.80 Å². The largest absolute Gasteiger partial charge is 0.334 e. The van der Waals surface area contributed by atoms with E-state index < -0.39 is 6.55 Å². The number of nitrogens with zero attached hydrogens (tertiary/aromatic N) is 4. The van der Waals surface area contributed by atoms with Gasteiger partial charge in [-0.2, -0.15) is 8.78 Å². The van der Waals surface area contributed by atoms with Gasteiger partial charge in [0, 0.05) is 43.7 Å². The van der Waals surface area contributed by atoms with Crippen LogP contribution in [0, 0.1) is 0 Å². The van der Waals surface area contributed by atoms with Crippen molar-refractivity contribution in [1.29, 1.82) is 0 Å². The second kappa shape index (κ2) is 7.00. The van der Waals surface area contributed by atoms with Crippen molar-refractivity contribution in [2.24, 2.45) is 0 Å². The maximum atomic E-state index is 12.8. The summed E-state index contributed by atoms with van der Waals surface area (Å²) >= 11 is 0. The van der Waals surface area contributed by atoms with Gasteiger partial charge in [0.1, 0.15) is 5.82 Å². The van der Waals surface area contributed by atoms with Crippen LogP contribution in [0.15, 0.2) is 36.7 Å². The van der Waals surface area contributed by atoms with Gasteiger partial charge in [0.05, 0.1) is 6.54 Å². The predicted molar refractivity (Wildman–Crippen MR) is 87.3 cm³/mol. The quantitative estimate of drug-likeness (QED) is 0.835. The van der Waals surface area contributed by atoms with Gasteiger partial charge in [-0.3, -0.25) is 14.2 Å². The van der Waals surface area contributed by atoms with Gasteiger partial charge in [0.2, 0.25) is 5.91 Å². The Morgan fingerprint density at radius 3 is 2.64 bits per heavy atom. The van der Waals surface area contributed by atoms with Crippen LogP contribution in [0.3, 0.4) is 0 Å². The monoisotopic (exact) mass is 348 g/mol. The third kappa shape index (κ3) is 3.52. The molecule has 2 heterocycles. The Balaban J connectivity index is 1.69. The molecule has 0 radical (unpaired) electrons. The van der Waals surface area contributed by atoms with Gasteiger partial charge in [-0.05, 0) is 30.7 Å². The van der Waals surface area contributed by atoms with Crippen LogP contribution in [-0.2, 0) is 11.3 Å². The van der Waals surface area contributed by atoms with Crippen molar-refractivity contribution in [1.82, 2.24) is 14.5 Å². The standard InChI is InChI=1S/C17H18F2N4O2/c1-21(11-14-20-8-10-23(14)17(18)19)16(25)12-4-6-13(7-5-12)22-9-2-3-15(22)24/h4-8,10,17H,2-3,9,11H2,1H3. The molecule has 3 rings (SSSR count). The number of benzene rings is 1. The van der Waals surface area contributed by atoms with E-state index in [1.165, 1.54) is 24.3 Å². The first-order valence-corrected chi connectivity index (χ1v) is 7.93. The summed E-state index contributed by atoms with van der Waals surface area (Å²) in [5.41, 5.74) is 1.18. The minimum atomic E-state index is -2.70. The van der Waals surface area contributed by atoms with E-state index in [0.29, 0.717) is 18.5 Å². The molecule has 132 valence electrons. The van der Waals surface area contributed by atoms with Crippen LogP contribution in [0.2, 0.25) is 0 Å². The molecule has 0 bridgehead atoms. The Labute approximate surface area is 143 Å². The Morgan fingerprint density at radius 2 is 2.04 bits per heavy atom. The summed E-state index contributed by atoms with van der Waals surface area (Å²) in [5, 5.41) is 0. The number of halogens is 2. The van der Waals surface area contributed by atoms with E-state index in [1.807, 2.05) is 0 Å². The third-order valence-corrected chi connectivity index (χ3v) is 4.18. The van der Waals surface area contributed by atoms with Crippen LogP contribution in [0.5, 0.6) is 0 Å². The number of aromatic nitrogens is 2. The number of alkyl halides is 2. The Kier molecular flexibility index (Phi) is 4.78. The summed E-state index contributed by atoms with van der Waals surface area (Å²) in [5.74, 6) is -0.108. The number of imidazole rings is 1. The van der Waals surface area contributed by atoms with Gasteiger partial charge in [0.25, 0.3) is 5.91 Å². The van der Waals surface area contributed by atoms with E-state index in [1.54, 1.807) is 29.2 Å². The highest BCUT2D eigenvalue weighted by Gasteiger charge is 2.22. The number of hydrogen-bond donors (Lipinski definition) is 0. The highest BCUT2D eigenvalue weighted by molar-refractivity contribution is 5.97. The van der Waals surface area contributed by atoms with Crippen LogP contribution in [0.4, 0.5) is 14.5 Å². The summed E-state index contributed by atoms with van der Waals surface area (Å²) in [7, 11) is 1.53. The average Bonchev–Trinajstić information content (AvgIpc) is 3.23. The number of hydrogen-bond acceptors (Lipinski definition) is 3. The molecule has 1 aromatic carbocycles. The zero-order chi connectivity index (χ0) is 18.0. The topological polar surface area (TPSA) is 58.4 Å². The molecule has 0 aliphatic carbocycles. The van der Waals surface area contributed by atoms with Gasteiger partial charge in [-0.15, -0.1) is 0 Å². The number of carbonyl (C=O) groups excluding carboxylic acids is 2. The third-order valence-electron chi connectivity index (χ3n) is 4.18. The molecule has 1 saturated heterocycles. The summed E-state index contributed by atoms with van der Waals surface area (Å²) in [4.78, 5) is 31.1. The summed E-state index contributed by atoms with van der Waals surface area (Å²) in [6.45, 7) is -2.04. The molecule has 2 amide bonds. The molecule has 1 aliphatic rings. The van der Waals surface area contributed by atoms with Crippen molar-refractivity contribution < 1.29 is 18.4 Å². The average molecular weight is 348 g/mol. The maximum Gasteiger partial charge on any atom is 0.319 e. The highest BCUT2D eigenvalue weighted by atomic mass is 19.3. The smallest absolute Gasteiger partial charge is 0.319 e. The van der Waals surface area contributed by atoms with Crippen LogP contribution in [-0.4, -0.2) is 39.9 Å². The van der Waals surface area contributed by atoms with Crippen molar-refractivity contribution in [3.05, 3.63) is 48.0 Å². The van der Waals surface area contributed by atoms with Crippen LogP contribution in [0.25, 0.3) is 0 Å². The van der Waals surface area contributed by atoms with Gasteiger partial charge in [-0.25, -0.2) is 4.98 Å². The highest BCUT2D eigenvalue weighted by Crippen LogP contribution is 2.22. The molecule has 8 heteroatoms. The van der Waals surface area contributed by atoms with E-state index in [0.717, 1.165) is 16.7 Å². The van der Waals surface area contributed by atoms with Crippen molar-refractivity contribution in [3.8, 4) is 0 Å². The van der Waals surface area contributed by atoms with Crippen LogP contribution >= 0.6 is 0 Å². The Morgan fingerprint density at radius 1 is 1.32 bits per heavy atom. The summed E-state index contributed by atoms with van der Waals surface area (Å²) in [6, 6.07) is 6.73. The molecule has 6 nitrogen and oxygen atoms in total. The van der Waals surface area contributed by atoms with Crippen molar-refractivity contribution >= 4 is 17.5 Å². The van der Waals surface area contributed by atoms with E-state index in [4.69, 9.17) is 0 Å². The number of anilines is 1. The summed E-state index contributed by atoms with van der Waals surface area (Å²) in [6.07, 6.45) is 3.83. The fourth-order valence-corrected chi connectivity index (χ4v) is 2.85. The zero-order valence-corrected chi connectivity index (χ0v) is 13.7. The number of amides is 2. The van der Waals surface area contributed by atoms with E-state index in [2.05, 4.69) is 4.98 Å². The number of rotatable bonds is 5. The second-order valence-corrected chi connectivity index (χ2v) is 5.89. The van der Waals surface area contributed by atoms with E-state index in [-0.39, 0.29) is 24.2 Å². The van der Waals surface area contributed by atoms with E-state index in [9.17, 15) is 18.4 Å². The first kappa shape index (κ1) is 17.1. The maximum absolute atomic E-state index is 12.8. The van der Waals surface area contributed by atoms with Crippen LogP contribution < -0.4 is 4.90 Å². The molecule has 1 aliphatic heterocycles. The lowest BCUT2D eigenvalue weighted by atomic mass is 10.1. The zero-order valence-electron chi connectivity index (χ0n) is 13.7. The van der Waals surface area contributed by atoms with Gasteiger partial charge >= 0.3 is 6.55 Å². The SMILES string of the molecule is CN(Cc1nccn1C(F)F)C(=O)c1ccc(N2CCCC2=O)cc1. The molecule has 2 aromatic rings. The summed E-state index contributed by atoms with van der Waals surface area (Å²) < 4.78 is 26.4. The molecule has 1 fully saturated rings. The Bertz CT molecular complexity index is 773. The normalized spacial score (nSPS) is 14.4. The lowest BCUT2D eigenvalue weighted by Crippen LogP contribution is -2.28. The van der Waals surface area contributed by atoms with Crippen molar-refractivity contribution in [3.63, 3.8) is 0 Å².